The predicted octanol–water partition coefficient (Wildman–Crippen LogP) is 0.696. The molecule has 1 aromatic carbocycles. The Kier molecular flexibility index (Phi) is 4.24. The number of aryl methyl sites for hydroxylation is 1. The monoisotopic (exact) mass is 308 g/mol. The second kappa shape index (κ2) is 5.79. The Morgan fingerprint density at radius 1 is 1.24 bits per heavy atom. The molecule has 1 aromatic rings. The fourth-order valence-electron chi connectivity index (χ4n) is 2.08. The van der Waals surface area contributed by atoms with Gasteiger partial charge in [0.15, 0.2) is 0 Å². The molecule has 1 N–H and O–H groups in total. The molecule has 2 amide bonds. The van der Waals surface area contributed by atoms with Crippen LogP contribution in [0.5, 0.6) is 0 Å². The smallest absolute Gasteiger partial charge is 0.261 e. The summed E-state index contributed by atoms with van der Waals surface area (Å²) >= 11 is 0. The van der Waals surface area contributed by atoms with Gasteiger partial charge in [0.1, 0.15) is 0 Å². The first kappa shape index (κ1) is 15.4. The summed E-state index contributed by atoms with van der Waals surface area (Å²) in [6.45, 7) is 5.18. The van der Waals surface area contributed by atoms with E-state index in [1.165, 1.54) is 6.08 Å². The minimum atomic E-state index is -3.54. The molecule has 7 heteroatoms. The molecule has 0 aromatic heterocycles. The Bertz CT molecular complexity index is 710. The lowest BCUT2D eigenvalue weighted by atomic mass is 10.1. The molecule has 0 saturated heterocycles. The highest BCUT2D eigenvalue weighted by atomic mass is 32.2. The predicted molar refractivity (Wildman–Crippen MR) is 78.5 cm³/mol. The van der Waals surface area contributed by atoms with Crippen molar-refractivity contribution in [2.75, 3.05) is 18.8 Å². The fourth-order valence-corrected chi connectivity index (χ4v) is 3.02. The largest absolute Gasteiger partial charge is 0.273 e. The second-order valence-electron chi connectivity index (χ2n) is 4.77. The maximum Gasteiger partial charge on any atom is 0.261 e. The molecule has 6 nitrogen and oxygen atoms in total. The topological polar surface area (TPSA) is 83.6 Å². The van der Waals surface area contributed by atoms with E-state index in [-0.39, 0.29) is 18.8 Å². The van der Waals surface area contributed by atoms with Crippen LogP contribution >= 0.6 is 0 Å². The van der Waals surface area contributed by atoms with Crippen LogP contribution in [0.2, 0.25) is 0 Å². The van der Waals surface area contributed by atoms with E-state index in [1.807, 2.05) is 6.92 Å². The van der Waals surface area contributed by atoms with Crippen LogP contribution in [0.15, 0.2) is 30.9 Å². The van der Waals surface area contributed by atoms with Crippen LogP contribution in [0, 0.1) is 6.92 Å². The van der Waals surface area contributed by atoms with Crippen molar-refractivity contribution in [3.8, 4) is 0 Å². The van der Waals surface area contributed by atoms with Gasteiger partial charge in [-0.05, 0) is 19.1 Å². The first-order valence-corrected chi connectivity index (χ1v) is 8.06. The van der Waals surface area contributed by atoms with Crippen LogP contribution in [-0.2, 0) is 10.0 Å². The van der Waals surface area contributed by atoms with Crippen LogP contribution < -0.4 is 4.72 Å². The summed E-state index contributed by atoms with van der Waals surface area (Å²) in [4.78, 5) is 25.3. The molecular formula is C14H16N2O4S. The number of benzene rings is 1. The van der Waals surface area contributed by atoms with E-state index < -0.39 is 21.8 Å². The SMILES string of the molecule is C=CCNS(=O)(=O)CCN1C(=O)c2ccc(C)cc2C1=O. The summed E-state index contributed by atoms with van der Waals surface area (Å²) in [5, 5.41) is 0. The molecule has 0 aliphatic carbocycles. The number of fused-ring (bicyclic) bond motifs is 1. The average Bonchev–Trinajstić information content (AvgIpc) is 2.66. The van der Waals surface area contributed by atoms with Gasteiger partial charge in [0.05, 0.1) is 16.9 Å². The van der Waals surface area contributed by atoms with Gasteiger partial charge in [-0.15, -0.1) is 6.58 Å². The lowest BCUT2D eigenvalue weighted by Crippen LogP contribution is -2.37. The first-order chi connectivity index (χ1) is 9.85. The van der Waals surface area contributed by atoms with E-state index in [4.69, 9.17) is 0 Å². The van der Waals surface area contributed by atoms with E-state index in [9.17, 15) is 18.0 Å². The molecule has 0 unspecified atom stereocenters. The molecule has 0 bridgehead atoms. The molecule has 1 aliphatic heterocycles. The highest BCUT2D eigenvalue weighted by molar-refractivity contribution is 7.89. The number of amides is 2. The summed E-state index contributed by atoms with van der Waals surface area (Å²) in [6, 6.07) is 4.98. The van der Waals surface area contributed by atoms with Gasteiger partial charge in [0, 0.05) is 13.1 Å². The highest BCUT2D eigenvalue weighted by Gasteiger charge is 2.35. The highest BCUT2D eigenvalue weighted by Crippen LogP contribution is 2.23. The Hall–Kier alpha value is -1.99. The Morgan fingerprint density at radius 2 is 1.90 bits per heavy atom. The van der Waals surface area contributed by atoms with Crippen LogP contribution in [0.1, 0.15) is 26.3 Å². The molecule has 0 saturated carbocycles. The number of carbonyl (C=O) groups excluding carboxylic acids is 2. The van der Waals surface area contributed by atoms with Crippen molar-refractivity contribution in [1.82, 2.24) is 9.62 Å². The first-order valence-electron chi connectivity index (χ1n) is 6.41. The average molecular weight is 308 g/mol. The van der Waals surface area contributed by atoms with Crippen molar-refractivity contribution in [3.05, 3.63) is 47.5 Å². The summed E-state index contributed by atoms with van der Waals surface area (Å²) in [6.07, 6.45) is 1.42. The molecule has 2 rings (SSSR count). The molecule has 21 heavy (non-hydrogen) atoms. The van der Waals surface area contributed by atoms with E-state index in [2.05, 4.69) is 11.3 Å². The van der Waals surface area contributed by atoms with Gasteiger partial charge >= 0.3 is 0 Å². The number of hydrogen-bond donors (Lipinski definition) is 1. The van der Waals surface area contributed by atoms with Crippen LogP contribution in [0.25, 0.3) is 0 Å². The third kappa shape index (κ3) is 3.20. The van der Waals surface area contributed by atoms with Crippen molar-refractivity contribution >= 4 is 21.8 Å². The van der Waals surface area contributed by atoms with Crippen LogP contribution in [0.3, 0.4) is 0 Å². The maximum atomic E-state index is 12.2. The second-order valence-corrected chi connectivity index (χ2v) is 6.69. The molecule has 1 heterocycles. The normalized spacial score (nSPS) is 14.4. The zero-order valence-corrected chi connectivity index (χ0v) is 12.4. The molecule has 1 aliphatic rings. The third-order valence-electron chi connectivity index (χ3n) is 3.16. The summed E-state index contributed by atoms with van der Waals surface area (Å²) in [7, 11) is -3.54. The quantitative estimate of drug-likeness (QED) is 0.619. The molecule has 0 radical (unpaired) electrons. The third-order valence-corrected chi connectivity index (χ3v) is 4.48. The number of imide groups is 1. The Labute approximate surface area is 123 Å². The molecule has 0 atom stereocenters. The molecule has 0 spiro atoms. The number of carbonyl (C=O) groups is 2. The minimum absolute atomic E-state index is 0.115. The minimum Gasteiger partial charge on any atom is -0.273 e. The van der Waals surface area contributed by atoms with Crippen LogP contribution in [-0.4, -0.2) is 44.0 Å². The zero-order chi connectivity index (χ0) is 15.6. The van der Waals surface area contributed by atoms with E-state index in [0.717, 1.165) is 10.5 Å². The standard InChI is InChI=1S/C14H16N2O4S/c1-3-6-15-21(19,20)8-7-16-13(17)11-5-4-10(2)9-12(11)14(16)18/h3-5,9,15H,1,6-8H2,2H3. The van der Waals surface area contributed by atoms with E-state index >= 15 is 0 Å². The number of nitrogens with one attached hydrogen (secondary N) is 1. The van der Waals surface area contributed by atoms with Crippen LogP contribution in [0.4, 0.5) is 0 Å². The zero-order valence-electron chi connectivity index (χ0n) is 11.6. The van der Waals surface area contributed by atoms with Gasteiger partial charge in [-0.2, -0.15) is 0 Å². The lowest BCUT2D eigenvalue weighted by molar-refractivity contribution is 0.0664. The lowest BCUT2D eigenvalue weighted by Gasteiger charge is -2.13. The van der Waals surface area contributed by atoms with E-state index in [1.54, 1.807) is 18.2 Å². The van der Waals surface area contributed by atoms with Crippen molar-refractivity contribution in [3.63, 3.8) is 0 Å². The van der Waals surface area contributed by atoms with Gasteiger partial charge in [-0.25, -0.2) is 13.1 Å². The van der Waals surface area contributed by atoms with Crippen molar-refractivity contribution in [2.45, 2.75) is 6.92 Å². The summed E-state index contributed by atoms with van der Waals surface area (Å²) < 4.78 is 25.7. The molecule has 0 fully saturated rings. The Balaban J connectivity index is 2.12. The number of hydrogen-bond acceptors (Lipinski definition) is 4. The van der Waals surface area contributed by atoms with E-state index in [0.29, 0.717) is 11.1 Å². The number of rotatable bonds is 6. The summed E-state index contributed by atoms with van der Waals surface area (Å²) in [5.41, 5.74) is 1.52. The summed E-state index contributed by atoms with van der Waals surface area (Å²) in [5.74, 6) is -1.22. The van der Waals surface area contributed by atoms with Gasteiger partial charge in [-0.3, -0.25) is 14.5 Å². The van der Waals surface area contributed by atoms with Crippen molar-refractivity contribution in [2.24, 2.45) is 0 Å². The van der Waals surface area contributed by atoms with Gasteiger partial charge < -0.3 is 0 Å². The maximum absolute atomic E-state index is 12.2. The van der Waals surface area contributed by atoms with Crippen molar-refractivity contribution < 1.29 is 18.0 Å². The van der Waals surface area contributed by atoms with Crippen molar-refractivity contribution in [1.29, 1.82) is 0 Å². The number of sulfonamides is 1. The fraction of sp³-hybridized carbons (Fsp3) is 0.286. The van der Waals surface area contributed by atoms with Gasteiger partial charge in [0.25, 0.3) is 11.8 Å². The molecule has 112 valence electrons. The van der Waals surface area contributed by atoms with Gasteiger partial charge in [-0.1, -0.05) is 17.7 Å². The molecular weight excluding hydrogens is 292 g/mol. The number of nitrogens with zero attached hydrogens (tertiary/aromatic N) is 1. The van der Waals surface area contributed by atoms with Gasteiger partial charge in [0.2, 0.25) is 10.0 Å². The Morgan fingerprint density at radius 3 is 2.57 bits per heavy atom.